The summed E-state index contributed by atoms with van der Waals surface area (Å²) in [5.74, 6) is -1.65. The lowest BCUT2D eigenvalue weighted by atomic mass is 10.1. The summed E-state index contributed by atoms with van der Waals surface area (Å²) in [5, 5.41) is 7.31. The Morgan fingerprint density at radius 1 is 0.765 bits per heavy atom. The number of nitrogens with one attached hydrogen (secondary N) is 3. The minimum absolute atomic E-state index is 0.252. The highest BCUT2D eigenvalue weighted by Crippen LogP contribution is 2.23. The zero-order valence-electron chi connectivity index (χ0n) is 17.9. The van der Waals surface area contributed by atoms with Gasteiger partial charge in [-0.15, -0.1) is 0 Å². The van der Waals surface area contributed by atoms with Gasteiger partial charge in [-0.25, -0.2) is 4.68 Å². The van der Waals surface area contributed by atoms with Gasteiger partial charge in [0, 0.05) is 11.8 Å². The third-order valence-corrected chi connectivity index (χ3v) is 5.20. The van der Waals surface area contributed by atoms with Crippen LogP contribution in [0.3, 0.4) is 0 Å². The Morgan fingerprint density at radius 2 is 1.41 bits per heavy atom. The van der Waals surface area contributed by atoms with E-state index in [0.717, 1.165) is 11.3 Å². The van der Waals surface area contributed by atoms with Crippen LogP contribution < -0.4 is 16.2 Å². The molecule has 3 N–H and O–H groups in total. The van der Waals surface area contributed by atoms with Crippen molar-refractivity contribution in [1.82, 2.24) is 25.9 Å². The second kappa shape index (κ2) is 10.5. The lowest BCUT2D eigenvalue weighted by molar-refractivity contribution is -0.120. The van der Waals surface area contributed by atoms with E-state index in [2.05, 4.69) is 21.3 Å². The molecule has 0 aliphatic heterocycles. The van der Waals surface area contributed by atoms with E-state index in [1.54, 1.807) is 35.1 Å². The first kappa shape index (κ1) is 22.8. The van der Waals surface area contributed by atoms with E-state index >= 15 is 0 Å². The van der Waals surface area contributed by atoms with Gasteiger partial charge in [0.1, 0.15) is 5.69 Å². The number of rotatable bonds is 6. The Kier molecular flexibility index (Phi) is 7.00. The van der Waals surface area contributed by atoms with Crippen molar-refractivity contribution in [3.63, 3.8) is 0 Å². The molecule has 0 saturated heterocycles. The molecular formula is C25H20ClN5O3. The summed E-state index contributed by atoms with van der Waals surface area (Å²) in [5.41, 5.74) is 7.21. The molecule has 0 saturated carbocycles. The molecule has 3 amide bonds. The molecule has 0 atom stereocenters. The molecular weight excluding hydrogens is 454 g/mol. The zero-order chi connectivity index (χ0) is 23.9. The fourth-order valence-corrected chi connectivity index (χ4v) is 3.42. The van der Waals surface area contributed by atoms with Crippen LogP contribution in [0.25, 0.3) is 16.9 Å². The Balaban J connectivity index is 1.44. The highest BCUT2D eigenvalue weighted by Gasteiger charge is 2.19. The van der Waals surface area contributed by atoms with Gasteiger partial charge >= 0.3 is 0 Å². The number of carbonyl (C=O) groups excluding carboxylic acids is 3. The Morgan fingerprint density at radius 3 is 2.12 bits per heavy atom. The maximum absolute atomic E-state index is 12.9. The number of halogens is 1. The molecule has 8 nitrogen and oxygen atoms in total. The van der Waals surface area contributed by atoms with Gasteiger partial charge < -0.3 is 5.32 Å². The maximum atomic E-state index is 12.9. The topological polar surface area (TPSA) is 105 Å². The van der Waals surface area contributed by atoms with Crippen molar-refractivity contribution >= 4 is 29.3 Å². The molecule has 0 fully saturated rings. The number of nitrogens with zero attached hydrogens (tertiary/aromatic N) is 2. The monoisotopic (exact) mass is 473 g/mol. The summed E-state index contributed by atoms with van der Waals surface area (Å²) >= 11 is 5.99. The number of para-hydroxylation sites is 1. The van der Waals surface area contributed by atoms with Crippen LogP contribution in [0.2, 0.25) is 5.02 Å². The Labute approximate surface area is 200 Å². The normalized spacial score (nSPS) is 10.4. The molecule has 0 unspecified atom stereocenters. The molecule has 4 rings (SSSR count). The van der Waals surface area contributed by atoms with Gasteiger partial charge in [-0.2, -0.15) is 5.10 Å². The second-order valence-electron chi connectivity index (χ2n) is 7.20. The van der Waals surface area contributed by atoms with Gasteiger partial charge in [-0.05, 0) is 24.3 Å². The molecule has 170 valence electrons. The van der Waals surface area contributed by atoms with E-state index in [-0.39, 0.29) is 22.7 Å². The average Bonchev–Trinajstić information content (AvgIpc) is 3.33. The quantitative estimate of drug-likeness (QED) is 0.373. The number of hydrazine groups is 1. The Bertz CT molecular complexity index is 1320. The number of aromatic nitrogens is 2. The number of carbonyl (C=O) groups is 3. The summed E-state index contributed by atoms with van der Waals surface area (Å²) in [6, 6.07) is 25.1. The molecule has 34 heavy (non-hydrogen) atoms. The van der Waals surface area contributed by atoms with Crippen LogP contribution in [0.1, 0.15) is 20.7 Å². The molecule has 4 aromatic rings. The summed E-state index contributed by atoms with van der Waals surface area (Å²) < 4.78 is 1.60. The molecule has 1 aromatic heterocycles. The smallest absolute Gasteiger partial charge is 0.273 e. The SMILES string of the molecule is O=C(CNC(=O)c1ccccc1Cl)NNC(=O)c1cn(-c2ccccc2)nc1-c1ccccc1. The molecule has 0 bridgehead atoms. The molecule has 0 aliphatic rings. The lowest BCUT2D eigenvalue weighted by Crippen LogP contribution is -2.46. The van der Waals surface area contributed by atoms with Crippen LogP contribution in [0, 0.1) is 0 Å². The highest BCUT2D eigenvalue weighted by atomic mass is 35.5. The van der Waals surface area contributed by atoms with Crippen molar-refractivity contribution in [2.45, 2.75) is 0 Å². The zero-order valence-corrected chi connectivity index (χ0v) is 18.6. The van der Waals surface area contributed by atoms with Crippen molar-refractivity contribution < 1.29 is 14.4 Å². The van der Waals surface area contributed by atoms with E-state index in [1.165, 1.54) is 0 Å². The van der Waals surface area contributed by atoms with E-state index in [9.17, 15) is 14.4 Å². The first-order valence-corrected chi connectivity index (χ1v) is 10.7. The summed E-state index contributed by atoms with van der Waals surface area (Å²) in [6.07, 6.45) is 1.60. The van der Waals surface area contributed by atoms with Crippen LogP contribution in [-0.4, -0.2) is 34.0 Å². The number of hydrogen-bond donors (Lipinski definition) is 3. The Hall–Kier alpha value is -4.43. The standard InChI is InChI=1S/C25H20ClN5O3/c26-21-14-8-7-13-19(21)24(33)27-15-22(32)28-29-25(34)20-16-31(18-11-5-2-6-12-18)30-23(20)17-9-3-1-4-10-17/h1-14,16H,15H2,(H,27,33)(H,28,32)(H,29,34). The minimum Gasteiger partial charge on any atom is -0.343 e. The highest BCUT2D eigenvalue weighted by molar-refractivity contribution is 6.33. The van der Waals surface area contributed by atoms with Gasteiger partial charge in [0.2, 0.25) is 0 Å². The third kappa shape index (κ3) is 5.31. The predicted octanol–water partition coefficient (Wildman–Crippen LogP) is 3.38. The average molecular weight is 474 g/mol. The van der Waals surface area contributed by atoms with E-state index < -0.39 is 17.7 Å². The van der Waals surface area contributed by atoms with Gasteiger partial charge in [0.05, 0.1) is 28.4 Å². The minimum atomic E-state index is -0.606. The van der Waals surface area contributed by atoms with Crippen LogP contribution in [-0.2, 0) is 4.79 Å². The van der Waals surface area contributed by atoms with Crippen molar-refractivity contribution in [1.29, 1.82) is 0 Å². The van der Waals surface area contributed by atoms with E-state index in [0.29, 0.717) is 5.69 Å². The number of benzene rings is 3. The van der Waals surface area contributed by atoms with Crippen LogP contribution >= 0.6 is 11.6 Å². The van der Waals surface area contributed by atoms with Crippen molar-refractivity contribution in [2.24, 2.45) is 0 Å². The van der Waals surface area contributed by atoms with Crippen LogP contribution in [0.5, 0.6) is 0 Å². The first-order chi connectivity index (χ1) is 16.5. The predicted molar refractivity (Wildman–Crippen MR) is 128 cm³/mol. The fraction of sp³-hybridized carbons (Fsp3) is 0.0400. The third-order valence-electron chi connectivity index (χ3n) is 4.87. The lowest BCUT2D eigenvalue weighted by Gasteiger charge is -2.09. The number of hydrogen-bond acceptors (Lipinski definition) is 4. The van der Waals surface area contributed by atoms with Crippen LogP contribution in [0.15, 0.2) is 91.1 Å². The van der Waals surface area contributed by atoms with Crippen LogP contribution in [0.4, 0.5) is 0 Å². The molecule has 0 radical (unpaired) electrons. The molecule has 3 aromatic carbocycles. The number of amides is 3. The maximum Gasteiger partial charge on any atom is 0.273 e. The molecule has 0 spiro atoms. The van der Waals surface area contributed by atoms with Crippen molar-refractivity contribution in [3.8, 4) is 16.9 Å². The summed E-state index contributed by atoms with van der Waals surface area (Å²) in [6.45, 7) is -0.348. The van der Waals surface area contributed by atoms with E-state index in [4.69, 9.17) is 11.6 Å². The second-order valence-corrected chi connectivity index (χ2v) is 7.61. The van der Waals surface area contributed by atoms with E-state index in [1.807, 2.05) is 60.7 Å². The van der Waals surface area contributed by atoms with Gasteiger partial charge in [0.25, 0.3) is 17.7 Å². The first-order valence-electron chi connectivity index (χ1n) is 10.4. The van der Waals surface area contributed by atoms with Gasteiger partial charge in [-0.3, -0.25) is 25.2 Å². The molecule has 9 heteroatoms. The molecule has 1 heterocycles. The largest absolute Gasteiger partial charge is 0.343 e. The van der Waals surface area contributed by atoms with Gasteiger partial charge in [0.15, 0.2) is 0 Å². The fourth-order valence-electron chi connectivity index (χ4n) is 3.20. The summed E-state index contributed by atoms with van der Waals surface area (Å²) in [7, 11) is 0. The van der Waals surface area contributed by atoms with Crippen molar-refractivity contribution in [3.05, 3.63) is 107 Å². The van der Waals surface area contributed by atoms with Crippen molar-refractivity contribution in [2.75, 3.05) is 6.54 Å². The van der Waals surface area contributed by atoms with Gasteiger partial charge in [-0.1, -0.05) is 72.3 Å². The molecule has 0 aliphatic carbocycles. The summed E-state index contributed by atoms with van der Waals surface area (Å²) in [4.78, 5) is 37.3.